The van der Waals surface area contributed by atoms with Crippen LogP contribution in [0.15, 0.2) is 11.4 Å². The molecular formula is C18H24F2N2O3S. The molecule has 2 saturated heterocycles. The highest BCUT2D eigenvalue weighted by atomic mass is 32.1. The lowest BCUT2D eigenvalue weighted by Crippen LogP contribution is -2.60. The van der Waals surface area contributed by atoms with Gasteiger partial charge in [-0.15, -0.1) is 11.3 Å². The number of thiophene rings is 1. The largest absolute Gasteiger partial charge is 0.465 e. The van der Waals surface area contributed by atoms with Gasteiger partial charge in [0.05, 0.1) is 24.6 Å². The Morgan fingerprint density at radius 2 is 2.15 bits per heavy atom. The van der Waals surface area contributed by atoms with Gasteiger partial charge in [-0.1, -0.05) is 0 Å². The van der Waals surface area contributed by atoms with Gasteiger partial charge in [0.15, 0.2) is 0 Å². The van der Waals surface area contributed by atoms with Crippen molar-refractivity contribution < 1.29 is 23.1 Å². The van der Waals surface area contributed by atoms with Gasteiger partial charge >= 0.3 is 5.97 Å². The van der Waals surface area contributed by atoms with E-state index >= 15 is 0 Å². The summed E-state index contributed by atoms with van der Waals surface area (Å²) in [5.74, 6) is -3.47. The van der Waals surface area contributed by atoms with Crippen LogP contribution in [0.4, 0.5) is 8.78 Å². The van der Waals surface area contributed by atoms with Gasteiger partial charge in [0.1, 0.15) is 0 Å². The van der Waals surface area contributed by atoms with Crippen molar-refractivity contribution in [3.8, 4) is 0 Å². The van der Waals surface area contributed by atoms with Crippen LogP contribution >= 0.6 is 11.3 Å². The molecule has 1 spiro atoms. The maximum absolute atomic E-state index is 14.5. The highest BCUT2D eigenvalue weighted by Crippen LogP contribution is 2.45. The summed E-state index contributed by atoms with van der Waals surface area (Å²) in [6.45, 7) is 3.37. The summed E-state index contributed by atoms with van der Waals surface area (Å²) in [6, 6.07) is 1.68. The Morgan fingerprint density at radius 1 is 1.38 bits per heavy atom. The van der Waals surface area contributed by atoms with E-state index in [2.05, 4.69) is 4.74 Å². The maximum Gasteiger partial charge on any atom is 0.338 e. The van der Waals surface area contributed by atoms with E-state index in [1.165, 1.54) is 18.4 Å². The van der Waals surface area contributed by atoms with Crippen LogP contribution in [-0.2, 0) is 16.1 Å². The minimum atomic E-state index is -2.90. The van der Waals surface area contributed by atoms with E-state index < -0.39 is 17.3 Å². The van der Waals surface area contributed by atoms with Crippen molar-refractivity contribution in [2.24, 2.45) is 5.41 Å². The van der Waals surface area contributed by atoms with Crippen LogP contribution in [0.2, 0.25) is 0 Å². The molecule has 144 valence electrons. The molecule has 2 aliphatic heterocycles. The third kappa shape index (κ3) is 3.76. The fourth-order valence-electron chi connectivity index (χ4n) is 4.20. The van der Waals surface area contributed by atoms with Crippen molar-refractivity contribution >= 4 is 23.2 Å². The average Bonchev–Trinajstić information content (AvgIpc) is 3.03. The number of alkyl halides is 2. The molecule has 1 aromatic rings. The minimum Gasteiger partial charge on any atom is -0.465 e. The summed E-state index contributed by atoms with van der Waals surface area (Å²) in [7, 11) is 1.31. The third-order valence-electron chi connectivity index (χ3n) is 5.24. The predicted molar refractivity (Wildman–Crippen MR) is 94.4 cm³/mol. The normalized spacial score (nSPS) is 26.3. The Hall–Kier alpha value is -1.54. The molecule has 2 fully saturated rings. The van der Waals surface area contributed by atoms with Crippen molar-refractivity contribution in [2.75, 3.05) is 33.3 Å². The second-order valence-corrected chi connectivity index (χ2v) is 8.24. The molecule has 0 saturated carbocycles. The Kier molecular flexibility index (Phi) is 5.35. The van der Waals surface area contributed by atoms with Crippen molar-refractivity contribution in [3.63, 3.8) is 0 Å². The maximum atomic E-state index is 14.5. The van der Waals surface area contributed by atoms with Crippen LogP contribution in [0.3, 0.4) is 0 Å². The fraction of sp³-hybridized carbons (Fsp3) is 0.667. The number of hydrogen-bond acceptors (Lipinski definition) is 5. The quantitative estimate of drug-likeness (QED) is 0.747. The highest BCUT2D eigenvalue weighted by Gasteiger charge is 2.54. The molecule has 26 heavy (non-hydrogen) atoms. The zero-order chi connectivity index (χ0) is 18.9. The second-order valence-electron chi connectivity index (χ2n) is 7.24. The van der Waals surface area contributed by atoms with E-state index in [1.54, 1.807) is 21.2 Å². The first kappa shape index (κ1) is 19.2. The van der Waals surface area contributed by atoms with Crippen molar-refractivity contribution in [1.29, 1.82) is 0 Å². The standard InChI is InChI=1S/C18H24F2N2O3S/c1-3-22-6-4-5-17(16(22)24)10-18(19,20)12-21(11-17)8-14-7-13(9-26-14)15(23)25-2/h7,9H,3-6,8,10-12H2,1-2H3/t17-/m0/s1. The van der Waals surface area contributed by atoms with Crippen molar-refractivity contribution in [2.45, 2.75) is 38.7 Å². The lowest BCUT2D eigenvalue weighted by Gasteiger charge is -2.49. The molecule has 0 aromatic carbocycles. The summed E-state index contributed by atoms with van der Waals surface area (Å²) >= 11 is 1.35. The molecule has 2 aliphatic rings. The minimum absolute atomic E-state index is 0.142. The number of amides is 1. The second kappa shape index (κ2) is 7.23. The average molecular weight is 386 g/mol. The fourth-order valence-corrected chi connectivity index (χ4v) is 5.10. The van der Waals surface area contributed by atoms with Gasteiger partial charge in [-0.2, -0.15) is 0 Å². The molecule has 1 amide bonds. The van der Waals surface area contributed by atoms with Crippen LogP contribution < -0.4 is 0 Å². The number of esters is 1. The smallest absolute Gasteiger partial charge is 0.338 e. The SMILES string of the molecule is CCN1CCC[C@]2(CN(Cc3cc(C(=O)OC)cs3)CC(F)(F)C2)C1=O. The molecule has 1 aromatic heterocycles. The number of methoxy groups -OCH3 is 1. The van der Waals surface area contributed by atoms with Crippen LogP contribution in [0.1, 0.15) is 41.4 Å². The van der Waals surface area contributed by atoms with Crippen molar-refractivity contribution in [1.82, 2.24) is 9.80 Å². The molecule has 0 N–H and O–H groups in total. The molecule has 3 heterocycles. The number of carbonyl (C=O) groups is 2. The van der Waals surface area contributed by atoms with E-state index in [4.69, 9.17) is 0 Å². The van der Waals surface area contributed by atoms with E-state index in [0.717, 1.165) is 11.3 Å². The van der Waals surface area contributed by atoms with E-state index in [1.807, 2.05) is 6.92 Å². The molecule has 0 unspecified atom stereocenters. The summed E-state index contributed by atoms with van der Waals surface area (Å²) in [6.07, 6.45) is 0.894. The first-order valence-electron chi connectivity index (χ1n) is 8.84. The van der Waals surface area contributed by atoms with Gasteiger partial charge in [0, 0.05) is 42.9 Å². The zero-order valence-corrected chi connectivity index (χ0v) is 15.9. The summed E-state index contributed by atoms with van der Waals surface area (Å²) in [5, 5.41) is 1.67. The molecule has 0 aliphatic carbocycles. The Labute approximate surface area is 155 Å². The topological polar surface area (TPSA) is 49.9 Å². The van der Waals surface area contributed by atoms with Crippen LogP contribution in [0, 0.1) is 5.41 Å². The van der Waals surface area contributed by atoms with Gasteiger partial charge in [-0.25, -0.2) is 13.6 Å². The zero-order valence-electron chi connectivity index (χ0n) is 15.1. The Balaban J connectivity index is 1.79. The summed E-state index contributed by atoms with van der Waals surface area (Å²) in [5.41, 5.74) is -0.574. The molecule has 3 rings (SSSR count). The van der Waals surface area contributed by atoms with Gasteiger partial charge in [0.2, 0.25) is 5.91 Å². The van der Waals surface area contributed by atoms with Gasteiger partial charge in [-0.05, 0) is 25.8 Å². The number of rotatable bonds is 4. The Bertz CT molecular complexity index is 694. The third-order valence-corrected chi connectivity index (χ3v) is 6.16. The van der Waals surface area contributed by atoms with Crippen LogP contribution in [0.5, 0.6) is 0 Å². The predicted octanol–water partition coefficient (Wildman–Crippen LogP) is 3.00. The number of hydrogen-bond donors (Lipinski definition) is 0. The number of halogens is 2. The van der Waals surface area contributed by atoms with Crippen molar-refractivity contribution in [3.05, 3.63) is 21.9 Å². The number of likely N-dealkylation sites (tertiary alicyclic amines) is 2. The van der Waals surface area contributed by atoms with E-state index in [-0.39, 0.29) is 18.9 Å². The number of ether oxygens (including phenoxy) is 1. The highest BCUT2D eigenvalue weighted by molar-refractivity contribution is 7.10. The first-order chi connectivity index (χ1) is 12.3. The Morgan fingerprint density at radius 3 is 2.85 bits per heavy atom. The molecule has 0 bridgehead atoms. The van der Waals surface area contributed by atoms with Gasteiger partial charge < -0.3 is 9.64 Å². The van der Waals surface area contributed by atoms with Gasteiger partial charge in [0.25, 0.3) is 5.92 Å². The van der Waals surface area contributed by atoms with Crippen LogP contribution in [-0.4, -0.2) is 60.9 Å². The number of carbonyl (C=O) groups excluding carboxylic acids is 2. The van der Waals surface area contributed by atoms with Gasteiger partial charge in [-0.3, -0.25) is 9.69 Å². The van der Waals surface area contributed by atoms with Crippen LogP contribution in [0.25, 0.3) is 0 Å². The lowest BCUT2D eigenvalue weighted by molar-refractivity contribution is -0.169. The molecule has 0 radical (unpaired) electrons. The molecular weight excluding hydrogens is 362 g/mol. The molecule has 5 nitrogen and oxygen atoms in total. The van der Waals surface area contributed by atoms with E-state index in [9.17, 15) is 18.4 Å². The summed E-state index contributed by atoms with van der Waals surface area (Å²) in [4.78, 5) is 28.6. The monoisotopic (exact) mass is 386 g/mol. The molecule has 8 heteroatoms. The number of piperidine rings is 2. The summed E-state index contributed by atoms with van der Waals surface area (Å²) < 4.78 is 33.7. The van der Waals surface area contributed by atoms with E-state index in [0.29, 0.717) is 38.2 Å². The lowest BCUT2D eigenvalue weighted by atomic mass is 9.71. The molecule has 1 atom stereocenters. The first-order valence-corrected chi connectivity index (χ1v) is 9.72. The number of nitrogens with zero attached hydrogens (tertiary/aromatic N) is 2.